The van der Waals surface area contributed by atoms with Crippen LogP contribution in [0.5, 0.6) is 11.5 Å². The van der Waals surface area contributed by atoms with Crippen molar-refractivity contribution in [3.8, 4) is 11.5 Å². The third-order valence-corrected chi connectivity index (χ3v) is 8.26. The quantitative estimate of drug-likeness (QED) is 0.392. The van der Waals surface area contributed by atoms with Crippen molar-refractivity contribution in [1.29, 1.82) is 0 Å². The van der Waals surface area contributed by atoms with Crippen LogP contribution < -0.4 is 9.47 Å². The molecule has 0 spiro atoms. The van der Waals surface area contributed by atoms with E-state index >= 15 is 0 Å². The van der Waals surface area contributed by atoms with Gasteiger partial charge in [-0.1, -0.05) is 54.1 Å². The molecule has 1 unspecified atom stereocenters. The van der Waals surface area contributed by atoms with Crippen molar-refractivity contribution in [2.75, 3.05) is 27.3 Å². The number of para-hydroxylation sites is 1. The molecule has 3 heterocycles. The van der Waals surface area contributed by atoms with Crippen molar-refractivity contribution in [2.24, 2.45) is 0 Å². The number of carbonyl (C=O) groups excluding carboxylic acids is 2. The maximum Gasteiger partial charge on any atom is 0.255 e. The molecule has 38 heavy (non-hydrogen) atoms. The molecule has 1 saturated heterocycles. The molecular weight excluding hydrogens is 502 g/mol. The zero-order valence-electron chi connectivity index (χ0n) is 21.5. The summed E-state index contributed by atoms with van der Waals surface area (Å²) in [6.45, 7) is 2.49. The summed E-state index contributed by atoms with van der Waals surface area (Å²) in [5.74, 6) is 0.783. The smallest absolute Gasteiger partial charge is 0.255 e. The summed E-state index contributed by atoms with van der Waals surface area (Å²) in [4.78, 5) is 34.9. The van der Waals surface area contributed by atoms with E-state index in [0.717, 1.165) is 33.3 Å². The molecule has 2 atom stereocenters. The first-order valence-corrected chi connectivity index (χ1v) is 12.9. The molecule has 2 amide bonds. The number of carbonyl (C=O) groups is 2. The third-order valence-electron chi connectivity index (χ3n) is 7.92. The number of nitrogens with one attached hydrogen (secondary N) is 1. The van der Waals surface area contributed by atoms with Gasteiger partial charge in [0.25, 0.3) is 5.91 Å². The highest BCUT2D eigenvalue weighted by molar-refractivity contribution is 6.31. The topological polar surface area (TPSA) is 74.9 Å². The molecule has 4 aromatic rings. The minimum Gasteiger partial charge on any atom is -0.493 e. The number of fused-ring (bicyclic) bond motifs is 5. The van der Waals surface area contributed by atoms with Gasteiger partial charge in [-0.05, 0) is 47.9 Å². The zero-order valence-corrected chi connectivity index (χ0v) is 22.2. The number of hydrogen-bond acceptors (Lipinski definition) is 4. The molecule has 6 rings (SSSR count). The van der Waals surface area contributed by atoms with Crippen molar-refractivity contribution >= 4 is 34.3 Å². The lowest BCUT2D eigenvalue weighted by Crippen LogP contribution is -2.67. The number of ether oxygens (including phenoxy) is 2. The van der Waals surface area contributed by atoms with Crippen molar-refractivity contribution in [1.82, 2.24) is 14.8 Å². The first kappa shape index (κ1) is 24.4. The predicted molar refractivity (Wildman–Crippen MR) is 146 cm³/mol. The van der Waals surface area contributed by atoms with E-state index in [2.05, 4.69) is 11.1 Å². The van der Waals surface area contributed by atoms with Gasteiger partial charge in [0.1, 0.15) is 6.54 Å². The number of rotatable bonds is 5. The maximum absolute atomic E-state index is 14.3. The van der Waals surface area contributed by atoms with Crippen LogP contribution in [-0.4, -0.2) is 53.9 Å². The Morgan fingerprint density at radius 3 is 2.50 bits per heavy atom. The van der Waals surface area contributed by atoms with Crippen LogP contribution >= 0.6 is 11.6 Å². The Morgan fingerprint density at radius 1 is 1.00 bits per heavy atom. The molecule has 3 aromatic carbocycles. The van der Waals surface area contributed by atoms with Gasteiger partial charge in [0.05, 0.1) is 19.9 Å². The zero-order chi connectivity index (χ0) is 26.6. The van der Waals surface area contributed by atoms with Crippen LogP contribution in [0, 0.1) is 0 Å². The lowest BCUT2D eigenvalue weighted by atomic mass is 9.76. The number of aromatic nitrogens is 1. The van der Waals surface area contributed by atoms with E-state index in [1.165, 1.54) is 0 Å². The Balaban J connectivity index is 1.47. The van der Waals surface area contributed by atoms with Crippen molar-refractivity contribution in [3.63, 3.8) is 0 Å². The number of H-pyrrole nitrogens is 1. The van der Waals surface area contributed by atoms with Crippen LogP contribution in [0.25, 0.3) is 10.9 Å². The number of amides is 2. The number of hydrogen-bond donors (Lipinski definition) is 1. The van der Waals surface area contributed by atoms with Crippen LogP contribution in [0.2, 0.25) is 5.02 Å². The standard InChI is InChI=1S/C30H28ClN3O4/c1-30-28-27(20-9-5-7-11-23(20)32-28)21(19-8-4-6-10-22(19)31)16-34(30)26(35)17-33(29(30)36)15-18-12-13-24(37-2)25(14-18)38-3/h4-14,21,32H,15-17H2,1-3H3/t21?,30-/m0/s1. The number of methoxy groups -OCH3 is 2. The summed E-state index contributed by atoms with van der Waals surface area (Å²) < 4.78 is 10.8. The Labute approximate surface area is 225 Å². The summed E-state index contributed by atoms with van der Waals surface area (Å²) in [7, 11) is 3.15. The Hall–Kier alpha value is -3.97. The summed E-state index contributed by atoms with van der Waals surface area (Å²) in [6, 6.07) is 21.3. The minimum absolute atomic E-state index is 0.00638. The van der Waals surface area contributed by atoms with Gasteiger partial charge in [0.2, 0.25) is 5.91 Å². The van der Waals surface area contributed by atoms with Gasteiger partial charge < -0.3 is 24.3 Å². The largest absolute Gasteiger partial charge is 0.493 e. The molecule has 0 saturated carbocycles. The molecule has 1 fully saturated rings. The Morgan fingerprint density at radius 2 is 1.74 bits per heavy atom. The molecule has 7 nitrogen and oxygen atoms in total. The lowest BCUT2D eigenvalue weighted by Gasteiger charge is -2.51. The highest BCUT2D eigenvalue weighted by atomic mass is 35.5. The van der Waals surface area contributed by atoms with Gasteiger partial charge in [-0.3, -0.25) is 9.59 Å². The third kappa shape index (κ3) is 3.56. The average Bonchev–Trinajstić information content (AvgIpc) is 3.33. The summed E-state index contributed by atoms with van der Waals surface area (Å²) in [6.07, 6.45) is 0. The van der Waals surface area contributed by atoms with E-state index in [4.69, 9.17) is 21.1 Å². The Kier molecular flexibility index (Phi) is 5.83. The fraction of sp³-hybridized carbons (Fsp3) is 0.267. The van der Waals surface area contributed by atoms with E-state index in [0.29, 0.717) is 23.1 Å². The van der Waals surface area contributed by atoms with E-state index < -0.39 is 5.54 Å². The van der Waals surface area contributed by atoms with Crippen LogP contribution in [0.4, 0.5) is 0 Å². The van der Waals surface area contributed by atoms with E-state index in [1.54, 1.807) is 24.0 Å². The van der Waals surface area contributed by atoms with Crippen LogP contribution in [-0.2, 0) is 21.7 Å². The second-order valence-corrected chi connectivity index (χ2v) is 10.4. The summed E-state index contributed by atoms with van der Waals surface area (Å²) in [5, 5.41) is 1.67. The van der Waals surface area contributed by atoms with E-state index in [-0.39, 0.29) is 30.8 Å². The molecule has 8 heteroatoms. The molecule has 0 aliphatic carbocycles. The van der Waals surface area contributed by atoms with Gasteiger partial charge >= 0.3 is 0 Å². The monoisotopic (exact) mass is 529 g/mol. The van der Waals surface area contributed by atoms with Crippen molar-refractivity contribution < 1.29 is 19.1 Å². The number of benzene rings is 3. The van der Waals surface area contributed by atoms with Crippen LogP contribution in [0.3, 0.4) is 0 Å². The molecule has 2 aliphatic heterocycles. The van der Waals surface area contributed by atoms with Crippen LogP contribution in [0.15, 0.2) is 66.7 Å². The molecule has 194 valence electrons. The minimum atomic E-state index is -1.18. The second-order valence-electron chi connectivity index (χ2n) is 9.96. The SMILES string of the molecule is COc1ccc(CN2CC(=O)N3CC(c4ccccc4Cl)c4c([nH]c5ccccc45)[C@@]3(C)C2=O)cc1OC. The molecule has 0 radical (unpaired) electrons. The number of halogens is 1. The first-order chi connectivity index (χ1) is 18.4. The molecule has 0 bridgehead atoms. The molecule has 2 aliphatic rings. The van der Waals surface area contributed by atoms with Crippen LogP contribution in [0.1, 0.15) is 35.2 Å². The highest BCUT2D eigenvalue weighted by Gasteiger charge is 2.56. The summed E-state index contributed by atoms with van der Waals surface area (Å²) >= 11 is 6.67. The van der Waals surface area contributed by atoms with E-state index in [9.17, 15) is 9.59 Å². The van der Waals surface area contributed by atoms with Gasteiger partial charge in [0, 0.05) is 34.9 Å². The number of aromatic amines is 1. The average molecular weight is 530 g/mol. The predicted octanol–water partition coefficient (Wildman–Crippen LogP) is 5.07. The van der Waals surface area contributed by atoms with Gasteiger partial charge in [-0.25, -0.2) is 0 Å². The van der Waals surface area contributed by atoms with Gasteiger partial charge in [-0.2, -0.15) is 0 Å². The van der Waals surface area contributed by atoms with Crippen molar-refractivity contribution in [2.45, 2.75) is 24.9 Å². The van der Waals surface area contributed by atoms with Gasteiger partial charge in [-0.15, -0.1) is 0 Å². The first-order valence-electron chi connectivity index (χ1n) is 12.5. The molecule has 1 aromatic heterocycles. The normalized spacial score (nSPS) is 20.9. The van der Waals surface area contributed by atoms with Gasteiger partial charge in [0.15, 0.2) is 17.0 Å². The Bertz CT molecular complexity index is 1580. The highest BCUT2D eigenvalue weighted by Crippen LogP contribution is 2.49. The van der Waals surface area contributed by atoms with E-state index in [1.807, 2.05) is 67.6 Å². The molecule has 1 N–H and O–H groups in total. The number of nitrogens with zero attached hydrogens (tertiary/aromatic N) is 2. The fourth-order valence-electron chi connectivity index (χ4n) is 6.04. The van der Waals surface area contributed by atoms with Crippen molar-refractivity contribution in [3.05, 3.63) is 94.1 Å². The maximum atomic E-state index is 14.3. The lowest BCUT2D eigenvalue weighted by molar-refractivity contribution is -0.166. The second kappa shape index (κ2) is 9.10. The fourth-order valence-corrected chi connectivity index (χ4v) is 6.31. The summed E-state index contributed by atoms with van der Waals surface area (Å²) in [5.41, 5.74) is 3.29. The molecular formula is C30H28ClN3O4. The number of piperazine rings is 1.